The lowest BCUT2D eigenvalue weighted by molar-refractivity contribution is 0.0923. The Bertz CT molecular complexity index is 694. The van der Waals surface area contributed by atoms with Crippen LogP contribution >= 0.6 is 0 Å². The van der Waals surface area contributed by atoms with Crippen LogP contribution in [0.15, 0.2) is 28.8 Å². The van der Waals surface area contributed by atoms with Crippen molar-refractivity contribution < 1.29 is 13.7 Å². The van der Waals surface area contributed by atoms with E-state index in [-0.39, 0.29) is 11.7 Å². The minimum atomic E-state index is -0.475. The monoisotopic (exact) mass is 303 g/mol. The molecule has 0 spiro atoms. The first-order chi connectivity index (χ1) is 10.5. The zero-order valence-corrected chi connectivity index (χ0v) is 12.4. The fraction of sp³-hybridized carbons (Fsp3) is 0.438. The maximum Gasteiger partial charge on any atom is 0.227 e. The van der Waals surface area contributed by atoms with E-state index in [2.05, 4.69) is 10.1 Å². The SMILES string of the molecule is CC(Cc1nc(C2(N)CCC2)no1)C(=O)c1cccc(F)c1. The lowest BCUT2D eigenvalue weighted by atomic mass is 9.77. The molecule has 116 valence electrons. The smallest absolute Gasteiger partial charge is 0.227 e. The van der Waals surface area contributed by atoms with Gasteiger partial charge in [0.2, 0.25) is 5.89 Å². The molecule has 0 bridgehead atoms. The summed E-state index contributed by atoms with van der Waals surface area (Å²) in [5.41, 5.74) is 6.02. The molecule has 1 aliphatic rings. The Hall–Kier alpha value is -2.08. The van der Waals surface area contributed by atoms with Crippen molar-refractivity contribution in [1.29, 1.82) is 0 Å². The normalized spacial score (nSPS) is 17.8. The molecule has 1 aromatic carbocycles. The summed E-state index contributed by atoms with van der Waals surface area (Å²) in [6.07, 6.45) is 3.08. The Morgan fingerprint density at radius 2 is 2.27 bits per heavy atom. The van der Waals surface area contributed by atoms with E-state index in [4.69, 9.17) is 10.3 Å². The standard InChI is InChI=1S/C16H18FN3O2/c1-10(14(21)11-4-2-5-12(17)9-11)8-13-19-15(20-22-13)16(18)6-3-7-16/h2,4-5,9-10H,3,6-8,18H2,1H3. The van der Waals surface area contributed by atoms with Gasteiger partial charge in [0, 0.05) is 17.9 Å². The molecule has 1 heterocycles. The molecule has 3 rings (SSSR count). The van der Waals surface area contributed by atoms with Gasteiger partial charge in [-0.2, -0.15) is 4.98 Å². The second-order valence-electron chi connectivity index (χ2n) is 6.00. The average Bonchev–Trinajstić information content (AvgIpc) is 2.92. The van der Waals surface area contributed by atoms with Crippen molar-refractivity contribution in [2.75, 3.05) is 0 Å². The van der Waals surface area contributed by atoms with E-state index in [1.54, 1.807) is 13.0 Å². The number of nitrogens with zero attached hydrogens (tertiary/aromatic N) is 2. The number of benzene rings is 1. The van der Waals surface area contributed by atoms with Gasteiger partial charge in [0.15, 0.2) is 11.6 Å². The van der Waals surface area contributed by atoms with Gasteiger partial charge in [-0.3, -0.25) is 4.79 Å². The Morgan fingerprint density at radius 3 is 2.91 bits per heavy atom. The molecule has 1 aliphatic carbocycles. The maximum absolute atomic E-state index is 13.2. The minimum Gasteiger partial charge on any atom is -0.339 e. The number of hydrogen-bond donors (Lipinski definition) is 1. The fourth-order valence-electron chi connectivity index (χ4n) is 2.60. The number of carbonyl (C=O) groups excluding carboxylic acids is 1. The predicted octanol–water partition coefficient (Wildman–Crippen LogP) is 2.61. The van der Waals surface area contributed by atoms with Gasteiger partial charge >= 0.3 is 0 Å². The summed E-state index contributed by atoms with van der Waals surface area (Å²) in [5.74, 6) is -0.0353. The number of halogens is 1. The molecular formula is C16H18FN3O2. The molecule has 6 heteroatoms. The van der Waals surface area contributed by atoms with Crippen LogP contribution in [-0.2, 0) is 12.0 Å². The highest BCUT2D eigenvalue weighted by Crippen LogP contribution is 2.37. The third-order valence-corrected chi connectivity index (χ3v) is 4.20. The first-order valence-corrected chi connectivity index (χ1v) is 7.40. The van der Waals surface area contributed by atoms with Crippen LogP contribution in [0.5, 0.6) is 0 Å². The van der Waals surface area contributed by atoms with Gasteiger partial charge in [0.25, 0.3) is 0 Å². The molecule has 1 atom stereocenters. The van der Waals surface area contributed by atoms with Crippen molar-refractivity contribution >= 4 is 5.78 Å². The molecule has 0 aliphatic heterocycles. The van der Waals surface area contributed by atoms with Gasteiger partial charge in [-0.05, 0) is 31.4 Å². The van der Waals surface area contributed by atoms with Crippen LogP contribution in [0, 0.1) is 11.7 Å². The topological polar surface area (TPSA) is 82.0 Å². The predicted molar refractivity (Wildman–Crippen MR) is 77.6 cm³/mol. The molecule has 1 unspecified atom stereocenters. The quantitative estimate of drug-likeness (QED) is 0.859. The molecule has 0 amide bonds. The number of aromatic nitrogens is 2. The zero-order valence-electron chi connectivity index (χ0n) is 12.4. The second kappa shape index (κ2) is 5.61. The first-order valence-electron chi connectivity index (χ1n) is 7.40. The van der Waals surface area contributed by atoms with Gasteiger partial charge < -0.3 is 10.3 Å². The summed E-state index contributed by atoms with van der Waals surface area (Å²) in [5, 5.41) is 3.93. The number of Topliss-reactive ketones (excluding diaryl/α,β-unsaturated/α-hetero) is 1. The van der Waals surface area contributed by atoms with Crippen LogP contribution in [0.2, 0.25) is 0 Å². The summed E-state index contributed by atoms with van der Waals surface area (Å²) < 4.78 is 18.4. The van der Waals surface area contributed by atoms with Crippen LogP contribution in [0.1, 0.15) is 48.3 Å². The van der Waals surface area contributed by atoms with E-state index < -0.39 is 11.4 Å². The van der Waals surface area contributed by atoms with Crippen molar-refractivity contribution in [3.8, 4) is 0 Å². The molecule has 1 saturated carbocycles. The summed E-state index contributed by atoms with van der Waals surface area (Å²) in [7, 11) is 0. The average molecular weight is 303 g/mol. The van der Waals surface area contributed by atoms with Crippen LogP contribution in [0.25, 0.3) is 0 Å². The molecule has 2 aromatic rings. The fourth-order valence-corrected chi connectivity index (χ4v) is 2.60. The van der Waals surface area contributed by atoms with E-state index in [9.17, 15) is 9.18 Å². The van der Waals surface area contributed by atoms with E-state index >= 15 is 0 Å². The number of hydrogen-bond acceptors (Lipinski definition) is 5. The Morgan fingerprint density at radius 1 is 1.50 bits per heavy atom. The molecule has 1 fully saturated rings. The van der Waals surface area contributed by atoms with Crippen LogP contribution in [0.4, 0.5) is 4.39 Å². The van der Waals surface area contributed by atoms with E-state index in [1.165, 1.54) is 18.2 Å². The molecule has 0 radical (unpaired) electrons. The van der Waals surface area contributed by atoms with E-state index in [0.717, 1.165) is 19.3 Å². The molecule has 22 heavy (non-hydrogen) atoms. The van der Waals surface area contributed by atoms with Crippen molar-refractivity contribution in [3.05, 3.63) is 47.4 Å². The number of nitrogens with two attached hydrogens (primary N) is 1. The summed E-state index contributed by atoms with van der Waals surface area (Å²) in [6, 6.07) is 5.67. The third-order valence-electron chi connectivity index (χ3n) is 4.20. The van der Waals surface area contributed by atoms with Crippen LogP contribution in [-0.4, -0.2) is 15.9 Å². The van der Waals surface area contributed by atoms with Crippen molar-refractivity contribution in [3.63, 3.8) is 0 Å². The zero-order chi connectivity index (χ0) is 15.7. The molecule has 1 aromatic heterocycles. The van der Waals surface area contributed by atoms with Gasteiger partial charge in [-0.15, -0.1) is 0 Å². The lowest BCUT2D eigenvalue weighted by Gasteiger charge is -2.34. The number of rotatable bonds is 5. The van der Waals surface area contributed by atoms with Gasteiger partial charge in [0.1, 0.15) is 5.82 Å². The lowest BCUT2D eigenvalue weighted by Crippen LogP contribution is -2.44. The summed E-state index contributed by atoms with van der Waals surface area (Å²) in [6.45, 7) is 1.76. The summed E-state index contributed by atoms with van der Waals surface area (Å²) in [4.78, 5) is 16.6. The highest BCUT2D eigenvalue weighted by Gasteiger charge is 2.39. The Balaban J connectivity index is 1.69. The van der Waals surface area contributed by atoms with Crippen LogP contribution < -0.4 is 5.73 Å². The molecular weight excluding hydrogens is 285 g/mol. The van der Waals surface area contributed by atoms with E-state index in [0.29, 0.717) is 23.7 Å². The Kier molecular flexibility index (Phi) is 3.78. The molecule has 5 nitrogen and oxygen atoms in total. The minimum absolute atomic E-state index is 0.148. The van der Waals surface area contributed by atoms with Gasteiger partial charge in [-0.25, -0.2) is 4.39 Å². The number of carbonyl (C=O) groups is 1. The maximum atomic E-state index is 13.2. The van der Waals surface area contributed by atoms with Crippen molar-refractivity contribution in [2.45, 2.75) is 38.1 Å². The van der Waals surface area contributed by atoms with Gasteiger partial charge in [0.05, 0.1) is 5.54 Å². The largest absolute Gasteiger partial charge is 0.339 e. The molecule has 2 N–H and O–H groups in total. The van der Waals surface area contributed by atoms with Crippen LogP contribution in [0.3, 0.4) is 0 Å². The number of ketones is 1. The van der Waals surface area contributed by atoms with Crippen molar-refractivity contribution in [2.24, 2.45) is 11.7 Å². The second-order valence-corrected chi connectivity index (χ2v) is 6.00. The van der Waals surface area contributed by atoms with Gasteiger partial charge in [-0.1, -0.05) is 24.2 Å². The third kappa shape index (κ3) is 2.78. The van der Waals surface area contributed by atoms with Crippen molar-refractivity contribution in [1.82, 2.24) is 10.1 Å². The highest BCUT2D eigenvalue weighted by atomic mass is 19.1. The van der Waals surface area contributed by atoms with E-state index in [1.807, 2.05) is 0 Å². The summed E-state index contributed by atoms with van der Waals surface area (Å²) >= 11 is 0. The molecule has 0 saturated heterocycles. The highest BCUT2D eigenvalue weighted by molar-refractivity contribution is 5.97. The first kappa shape index (κ1) is 14.8. The Labute approximate surface area is 127 Å².